The lowest BCUT2D eigenvalue weighted by molar-refractivity contribution is 0.0697. The lowest BCUT2D eigenvalue weighted by Crippen LogP contribution is -2.23. The molecule has 2 aromatic carbocycles. The van der Waals surface area contributed by atoms with Crippen LogP contribution in [0.4, 0.5) is 0 Å². The van der Waals surface area contributed by atoms with Gasteiger partial charge in [-0.25, -0.2) is 4.79 Å². The van der Waals surface area contributed by atoms with Crippen LogP contribution in [0.25, 0.3) is 10.9 Å². The van der Waals surface area contributed by atoms with E-state index in [2.05, 4.69) is 4.98 Å². The quantitative estimate of drug-likeness (QED) is 0.545. The Balaban J connectivity index is 1.90. The molecule has 0 radical (unpaired) electrons. The topological polar surface area (TPSA) is 93.5 Å². The van der Waals surface area contributed by atoms with Crippen molar-refractivity contribution in [1.29, 1.82) is 0 Å². The number of benzene rings is 2. The molecule has 0 aliphatic carbocycles. The number of aromatic amines is 1. The number of hydrogen-bond donors (Lipinski definition) is 2. The summed E-state index contributed by atoms with van der Waals surface area (Å²) in [7, 11) is 0. The number of H-pyrrole nitrogens is 1. The summed E-state index contributed by atoms with van der Waals surface area (Å²) in [6.07, 6.45) is 0.572. The highest BCUT2D eigenvalue weighted by molar-refractivity contribution is 7.71. The Bertz CT molecular complexity index is 1170. The number of carboxylic acids is 1. The van der Waals surface area contributed by atoms with Crippen molar-refractivity contribution in [2.75, 3.05) is 13.2 Å². The van der Waals surface area contributed by atoms with Gasteiger partial charge in [-0.1, -0.05) is 6.07 Å². The fourth-order valence-electron chi connectivity index (χ4n) is 3.08. The third kappa shape index (κ3) is 4.48. The first-order chi connectivity index (χ1) is 13.9. The lowest BCUT2D eigenvalue weighted by Gasteiger charge is -2.13. The summed E-state index contributed by atoms with van der Waals surface area (Å²) < 4.78 is 13.0. The molecule has 8 heteroatoms. The van der Waals surface area contributed by atoms with E-state index in [0.717, 1.165) is 5.56 Å². The van der Waals surface area contributed by atoms with Crippen molar-refractivity contribution < 1.29 is 19.4 Å². The van der Waals surface area contributed by atoms with Crippen LogP contribution in [-0.2, 0) is 13.0 Å². The number of nitrogens with one attached hydrogen (secondary N) is 1. The van der Waals surface area contributed by atoms with Gasteiger partial charge in [0.25, 0.3) is 5.56 Å². The third-order valence-electron chi connectivity index (χ3n) is 4.46. The number of ether oxygens (including phenoxy) is 2. The van der Waals surface area contributed by atoms with Gasteiger partial charge in [0.05, 0.1) is 29.7 Å². The first-order valence-corrected chi connectivity index (χ1v) is 9.74. The summed E-state index contributed by atoms with van der Waals surface area (Å²) in [5.41, 5.74) is 1.24. The molecule has 0 spiro atoms. The van der Waals surface area contributed by atoms with E-state index < -0.39 is 5.97 Å². The standard InChI is InChI=1S/C21H22N2O5S/c1-3-27-17-8-5-13(11-18(17)28-4-2)9-10-23-19(24)15-7-6-14(20(25)26)12-16(15)22-21(23)29/h5-8,11-12H,3-4,9-10H2,1-2H3,(H,22,29)(H,25,26). The lowest BCUT2D eigenvalue weighted by atomic mass is 10.1. The Hall–Kier alpha value is -3.13. The molecule has 0 saturated carbocycles. The highest BCUT2D eigenvalue weighted by Gasteiger charge is 2.11. The Morgan fingerprint density at radius 2 is 1.83 bits per heavy atom. The van der Waals surface area contributed by atoms with Crippen LogP contribution in [0.2, 0.25) is 0 Å². The van der Waals surface area contributed by atoms with E-state index in [-0.39, 0.29) is 15.9 Å². The largest absolute Gasteiger partial charge is 0.490 e. The minimum absolute atomic E-state index is 0.0955. The third-order valence-corrected chi connectivity index (χ3v) is 4.78. The number of hydrogen-bond acceptors (Lipinski definition) is 5. The molecule has 0 saturated heterocycles. The van der Waals surface area contributed by atoms with Crippen LogP contribution in [0.3, 0.4) is 0 Å². The maximum absolute atomic E-state index is 12.8. The minimum atomic E-state index is -1.06. The maximum atomic E-state index is 12.8. The molecule has 3 aromatic rings. The summed E-state index contributed by atoms with van der Waals surface area (Å²) in [6, 6.07) is 10.0. The normalized spacial score (nSPS) is 10.8. The first-order valence-electron chi connectivity index (χ1n) is 9.33. The molecule has 0 atom stereocenters. The zero-order valence-electron chi connectivity index (χ0n) is 16.2. The molecule has 1 heterocycles. The fraction of sp³-hybridized carbons (Fsp3) is 0.286. The smallest absolute Gasteiger partial charge is 0.335 e. The van der Waals surface area contributed by atoms with Gasteiger partial charge in [-0.3, -0.25) is 9.36 Å². The van der Waals surface area contributed by atoms with Crippen LogP contribution >= 0.6 is 12.2 Å². The summed E-state index contributed by atoms with van der Waals surface area (Å²) >= 11 is 5.33. The van der Waals surface area contributed by atoms with Crippen molar-refractivity contribution in [2.45, 2.75) is 26.8 Å². The Kier molecular flexibility index (Phi) is 6.33. The van der Waals surface area contributed by atoms with Gasteiger partial charge >= 0.3 is 5.97 Å². The van der Waals surface area contributed by atoms with Crippen LogP contribution in [0.1, 0.15) is 29.8 Å². The van der Waals surface area contributed by atoms with Crippen molar-refractivity contribution in [2.24, 2.45) is 0 Å². The van der Waals surface area contributed by atoms with Crippen LogP contribution < -0.4 is 15.0 Å². The molecule has 0 unspecified atom stereocenters. The predicted octanol–water partition coefficient (Wildman–Crippen LogP) is 3.80. The SMILES string of the molecule is CCOc1ccc(CCn2c(=S)[nH]c3cc(C(=O)O)ccc3c2=O)cc1OCC. The Morgan fingerprint density at radius 1 is 1.10 bits per heavy atom. The zero-order chi connectivity index (χ0) is 21.0. The molecule has 0 bridgehead atoms. The van der Waals surface area contributed by atoms with Crippen molar-refractivity contribution in [3.8, 4) is 11.5 Å². The number of aryl methyl sites for hydroxylation is 1. The van der Waals surface area contributed by atoms with Gasteiger partial charge in [-0.2, -0.15) is 0 Å². The van der Waals surface area contributed by atoms with Crippen molar-refractivity contribution in [3.63, 3.8) is 0 Å². The summed E-state index contributed by atoms with van der Waals surface area (Å²) in [4.78, 5) is 26.9. The zero-order valence-corrected chi connectivity index (χ0v) is 17.0. The highest BCUT2D eigenvalue weighted by Crippen LogP contribution is 2.28. The van der Waals surface area contributed by atoms with E-state index in [1.54, 1.807) is 0 Å². The van der Waals surface area contributed by atoms with Gasteiger partial charge < -0.3 is 19.6 Å². The van der Waals surface area contributed by atoms with Crippen LogP contribution in [0.15, 0.2) is 41.2 Å². The Labute approximate surface area is 172 Å². The van der Waals surface area contributed by atoms with E-state index in [1.807, 2.05) is 32.0 Å². The molecule has 1 aromatic heterocycles. The minimum Gasteiger partial charge on any atom is -0.490 e. The van der Waals surface area contributed by atoms with Gasteiger partial charge in [0.15, 0.2) is 16.3 Å². The predicted molar refractivity (Wildman–Crippen MR) is 113 cm³/mol. The molecule has 0 fully saturated rings. The molecular formula is C21H22N2O5S. The van der Waals surface area contributed by atoms with E-state index in [4.69, 9.17) is 26.8 Å². The summed E-state index contributed by atoms with van der Waals surface area (Å²) in [5, 5.41) is 9.51. The van der Waals surface area contributed by atoms with Gasteiger partial charge in [-0.05, 0) is 68.4 Å². The monoisotopic (exact) mass is 414 g/mol. The number of nitrogens with zero attached hydrogens (tertiary/aromatic N) is 1. The molecule has 3 rings (SSSR count). The molecule has 0 aliphatic heterocycles. The number of carboxylic acid groups (broad SMARTS) is 1. The van der Waals surface area contributed by atoms with E-state index in [9.17, 15) is 9.59 Å². The summed E-state index contributed by atoms with van der Waals surface area (Å²) in [5.74, 6) is 0.299. The number of carbonyl (C=O) groups is 1. The van der Waals surface area contributed by atoms with Crippen LogP contribution in [-0.4, -0.2) is 33.8 Å². The van der Waals surface area contributed by atoms with E-state index in [0.29, 0.717) is 48.6 Å². The second-order valence-corrected chi connectivity index (χ2v) is 6.74. The van der Waals surface area contributed by atoms with Crippen molar-refractivity contribution >= 4 is 29.1 Å². The molecule has 152 valence electrons. The first kappa shape index (κ1) is 20.6. The molecule has 0 amide bonds. The average Bonchev–Trinajstić information content (AvgIpc) is 2.69. The molecule has 7 nitrogen and oxygen atoms in total. The number of rotatable bonds is 8. The Morgan fingerprint density at radius 3 is 2.52 bits per heavy atom. The highest BCUT2D eigenvalue weighted by atomic mass is 32.1. The van der Waals surface area contributed by atoms with Crippen molar-refractivity contribution in [1.82, 2.24) is 9.55 Å². The number of aromatic nitrogens is 2. The summed E-state index contributed by atoms with van der Waals surface area (Å²) in [6.45, 7) is 5.27. The van der Waals surface area contributed by atoms with Crippen LogP contribution in [0, 0.1) is 4.77 Å². The molecule has 0 aliphatic rings. The maximum Gasteiger partial charge on any atom is 0.335 e. The van der Waals surface area contributed by atoms with Gasteiger partial charge in [0.2, 0.25) is 0 Å². The molecular weight excluding hydrogens is 392 g/mol. The van der Waals surface area contributed by atoms with E-state index in [1.165, 1.54) is 22.8 Å². The second-order valence-electron chi connectivity index (χ2n) is 6.35. The van der Waals surface area contributed by atoms with Crippen molar-refractivity contribution in [3.05, 3.63) is 62.6 Å². The number of aromatic carboxylic acids is 1. The van der Waals surface area contributed by atoms with E-state index >= 15 is 0 Å². The second kappa shape index (κ2) is 8.91. The molecule has 2 N–H and O–H groups in total. The van der Waals surface area contributed by atoms with Gasteiger partial charge in [0, 0.05) is 6.54 Å². The van der Waals surface area contributed by atoms with Gasteiger partial charge in [0.1, 0.15) is 0 Å². The average molecular weight is 414 g/mol. The van der Waals surface area contributed by atoms with Crippen LogP contribution in [0.5, 0.6) is 11.5 Å². The fourth-order valence-corrected chi connectivity index (χ4v) is 3.37. The van der Waals surface area contributed by atoms with Gasteiger partial charge in [-0.15, -0.1) is 0 Å². The number of fused-ring (bicyclic) bond motifs is 1. The molecule has 29 heavy (non-hydrogen) atoms.